The molecule has 1 rings (SSSR count). The zero-order valence-corrected chi connectivity index (χ0v) is 8.80. The summed E-state index contributed by atoms with van der Waals surface area (Å²) in [6, 6.07) is 4.25. The van der Waals surface area contributed by atoms with Crippen molar-refractivity contribution in [3.05, 3.63) is 18.2 Å². The summed E-state index contributed by atoms with van der Waals surface area (Å²) in [6.07, 6.45) is -4.36. The highest BCUT2D eigenvalue weighted by Gasteiger charge is 2.28. The van der Waals surface area contributed by atoms with Gasteiger partial charge in [-0.25, -0.2) is 0 Å². The van der Waals surface area contributed by atoms with E-state index < -0.39 is 12.8 Å². The first-order valence-electron chi connectivity index (χ1n) is 4.37. The van der Waals surface area contributed by atoms with Gasteiger partial charge in [-0.3, -0.25) is 0 Å². The Bertz CT molecular complexity index is 327. The first-order valence-corrected chi connectivity index (χ1v) is 4.37. The molecule has 0 fully saturated rings. The molecule has 0 aliphatic rings. The van der Waals surface area contributed by atoms with Gasteiger partial charge < -0.3 is 14.2 Å². The molecule has 1 aromatic rings. The number of hydrogen-bond acceptors (Lipinski definition) is 3. The lowest BCUT2D eigenvalue weighted by atomic mass is 10.3. The highest BCUT2D eigenvalue weighted by atomic mass is 19.4. The lowest BCUT2D eigenvalue weighted by Gasteiger charge is -2.11. The van der Waals surface area contributed by atoms with Crippen molar-refractivity contribution in [2.45, 2.75) is 6.18 Å². The van der Waals surface area contributed by atoms with Crippen molar-refractivity contribution in [3.63, 3.8) is 0 Å². The molecule has 0 radical (unpaired) electrons. The number of benzene rings is 1. The summed E-state index contributed by atoms with van der Waals surface area (Å²) >= 11 is 0. The maximum absolute atomic E-state index is 11.9. The third-order valence-corrected chi connectivity index (χ3v) is 1.73. The van der Waals surface area contributed by atoms with Gasteiger partial charge in [-0.05, 0) is 0 Å². The number of ether oxygens (including phenoxy) is 3. The second kappa shape index (κ2) is 4.96. The Labute approximate surface area is 90.7 Å². The smallest absolute Gasteiger partial charge is 0.422 e. The topological polar surface area (TPSA) is 27.7 Å². The molecule has 3 nitrogen and oxygen atoms in total. The van der Waals surface area contributed by atoms with E-state index in [1.165, 1.54) is 26.4 Å². The third kappa shape index (κ3) is 3.88. The first kappa shape index (κ1) is 12.5. The fourth-order valence-electron chi connectivity index (χ4n) is 1.03. The molecule has 0 unspecified atom stereocenters. The van der Waals surface area contributed by atoms with Crippen LogP contribution in [0.4, 0.5) is 13.2 Å². The molecule has 0 aromatic heterocycles. The highest BCUT2D eigenvalue weighted by molar-refractivity contribution is 5.41. The van der Waals surface area contributed by atoms with Gasteiger partial charge >= 0.3 is 6.18 Å². The van der Waals surface area contributed by atoms with Gasteiger partial charge in [0.25, 0.3) is 0 Å². The van der Waals surface area contributed by atoms with Crippen LogP contribution in [-0.2, 0) is 0 Å². The van der Waals surface area contributed by atoms with Gasteiger partial charge in [-0.2, -0.15) is 13.2 Å². The zero-order chi connectivity index (χ0) is 12.2. The summed E-state index contributed by atoms with van der Waals surface area (Å²) in [6.45, 7) is -1.34. The molecule has 0 saturated heterocycles. The standard InChI is InChI=1S/C10H11F3O3/c1-14-7-3-8(15-2)5-9(4-7)16-6-10(11,12)13/h3-5H,6H2,1-2H3. The van der Waals surface area contributed by atoms with Gasteiger partial charge in [0, 0.05) is 18.2 Å². The number of alkyl halides is 3. The molecule has 0 N–H and O–H groups in total. The molecule has 0 spiro atoms. The molecular formula is C10H11F3O3. The fraction of sp³-hybridized carbons (Fsp3) is 0.400. The Hall–Kier alpha value is -1.59. The largest absolute Gasteiger partial charge is 0.496 e. The lowest BCUT2D eigenvalue weighted by Crippen LogP contribution is -2.19. The Morgan fingerprint density at radius 3 is 1.75 bits per heavy atom. The van der Waals surface area contributed by atoms with Crippen molar-refractivity contribution >= 4 is 0 Å². The predicted octanol–water partition coefficient (Wildman–Crippen LogP) is 2.64. The number of halogens is 3. The van der Waals surface area contributed by atoms with Crippen molar-refractivity contribution in [1.29, 1.82) is 0 Å². The molecule has 0 bridgehead atoms. The quantitative estimate of drug-likeness (QED) is 0.804. The SMILES string of the molecule is COc1cc(OC)cc(OCC(F)(F)F)c1. The maximum atomic E-state index is 11.9. The number of rotatable bonds is 4. The van der Waals surface area contributed by atoms with Crippen LogP contribution in [0.3, 0.4) is 0 Å². The second-order valence-electron chi connectivity index (χ2n) is 2.95. The fourth-order valence-corrected chi connectivity index (χ4v) is 1.03. The van der Waals surface area contributed by atoms with Gasteiger partial charge in [0.1, 0.15) is 17.2 Å². The van der Waals surface area contributed by atoms with Crippen LogP contribution < -0.4 is 14.2 Å². The van der Waals surface area contributed by atoms with Crippen LogP contribution in [0.15, 0.2) is 18.2 Å². The minimum Gasteiger partial charge on any atom is -0.496 e. The van der Waals surface area contributed by atoms with Gasteiger partial charge in [-0.1, -0.05) is 0 Å². The maximum Gasteiger partial charge on any atom is 0.422 e. The summed E-state index contributed by atoms with van der Waals surface area (Å²) in [5, 5.41) is 0. The summed E-state index contributed by atoms with van der Waals surface area (Å²) in [5.74, 6) is 0.793. The van der Waals surface area contributed by atoms with E-state index in [1.807, 2.05) is 0 Å². The zero-order valence-electron chi connectivity index (χ0n) is 8.80. The van der Waals surface area contributed by atoms with E-state index in [0.717, 1.165) is 0 Å². The minimum absolute atomic E-state index is 0.0496. The molecule has 16 heavy (non-hydrogen) atoms. The molecule has 6 heteroatoms. The van der Waals surface area contributed by atoms with Crippen molar-refractivity contribution in [2.24, 2.45) is 0 Å². The Balaban J connectivity index is 2.79. The predicted molar refractivity (Wildman–Crippen MR) is 51.1 cm³/mol. The normalized spacial score (nSPS) is 11.1. The molecule has 90 valence electrons. The molecule has 0 amide bonds. The number of hydrogen-bond donors (Lipinski definition) is 0. The van der Waals surface area contributed by atoms with E-state index in [2.05, 4.69) is 4.74 Å². The third-order valence-electron chi connectivity index (χ3n) is 1.73. The van der Waals surface area contributed by atoms with Crippen LogP contribution in [-0.4, -0.2) is 27.0 Å². The molecular weight excluding hydrogens is 225 g/mol. The molecule has 0 aliphatic heterocycles. The van der Waals surface area contributed by atoms with Crippen molar-refractivity contribution in [3.8, 4) is 17.2 Å². The summed E-state index contributed by atoms with van der Waals surface area (Å²) in [4.78, 5) is 0. The van der Waals surface area contributed by atoms with Gasteiger partial charge in [0.2, 0.25) is 0 Å². The Morgan fingerprint density at radius 2 is 1.38 bits per heavy atom. The van der Waals surface area contributed by atoms with Crippen molar-refractivity contribution in [1.82, 2.24) is 0 Å². The van der Waals surface area contributed by atoms with E-state index in [0.29, 0.717) is 11.5 Å². The highest BCUT2D eigenvalue weighted by Crippen LogP contribution is 2.28. The average molecular weight is 236 g/mol. The van der Waals surface area contributed by atoms with E-state index in [-0.39, 0.29) is 5.75 Å². The van der Waals surface area contributed by atoms with Crippen molar-refractivity contribution < 1.29 is 27.4 Å². The van der Waals surface area contributed by atoms with Gasteiger partial charge in [-0.15, -0.1) is 0 Å². The van der Waals surface area contributed by atoms with E-state index in [9.17, 15) is 13.2 Å². The van der Waals surface area contributed by atoms with Gasteiger partial charge in [0.05, 0.1) is 14.2 Å². The van der Waals surface area contributed by atoms with Crippen molar-refractivity contribution in [2.75, 3.05) is 20.8 Å². The minimum atomic E-state index is -4.36. The van der Waals surface area contributed by atoms with Crippen LogP contribution in [0.2, 0.25) is 0 Å². The molecule has 1 aromatic carbocycles. The summed E-state index contributed by atoms with van der Waals surface area (Å²) in [7, 11) is 2.81. The Kier molecular flexibility index (Phi) is 3.87. The van der Waals surface area contributed by atoms with E-state index >= 15 is 0 Å². The van der Waals surface area contributed by atoms with Gasteiger partial charge in [0.15, 0.2) is 6.61 Å². The van der Waals surface area contributed by atoms with Crippen LogP contribution in [0.1, 0.15) is 0 Å². The second-order valence-corrected chi connectivity index (χ2v) is 2.95. The number of methoxy groups -OCH3 is 2. The van der Waals surface area contributed by atoms with E-state index in [1.54, 1.807) is 6.07 Å². The van der Waals surface area contributed by atoms with Crippen LogP contribution in [0.5, 0.6) is 17.2 Å². The molecule has 0 heterocycles. The molecule has 0 saturated carbocycles. The molecule has 0 atom stereocenters. The summed E-state index contributed by atoms with van der Waals surface area (Å²) in [5.41, 5.74) is 0. The summed E-state index contributed by atoms with van der Waals surface area (Å²) < 4.78 is 50.1. The Morgan fingerprint density at radius 1 is 0.938 bits per heavy atom. The van der Waals surface area contributed by atoms with E-state index in [4.69, 9.17) is 9.47 Å². The average Bonchev–Trinajstić information content (AvgIpc) is 2.25. The van der Waals surface area contributed by atoms with Crippen LogP contribution in [0.25, 0.3) is 0 Å². The first-order chi connectivity index (χ1) is 7.44. The van der Waals surface area contributed by atoms with Crippen LogP contribution in [0, 0.1) is 0 Å². The molecule has 0 aliphatic carbocycles. The van der Waals surface area contributed by atoms with Crippen LogP contribution >= 0.6 is 0 Å². The lowest BCUT2D eigenvalue weighted by molar-refractivity contribution is -0.153. The monoisotopic (exact) mass is 236 g/mol.